The van der Waals surface area contributed by atoms with Crippen LogP contribution in [0.25, 0.3) is 0 Å². The summed E-state index contributed by atoms with van der Waals surface area (Å²) in [5, 5.41) is 3.56. The third-order valence-corrected chi connectivity index (χ3v) is 3.33. The Kier molecular flexibility index (Phi) is 5.82. The molecule has 1 aliphatic heterocycles. The smallest absolute Gasteiger partial charge is 0.0474 e. The summed E-state index contributed by atoms with van der Waals surface area (Å²) in [6, 6.07) is 0.764. The summed E-state index contributed by atoms with van der Waals surface area (Å²) in [4.78, 5) is 0. The zero-order valence-corrected chi connectivity index (χ0v) is 8.66. The summed E-state index contributed by atoms with van der Waals surface area (Å²) >= 11 is 2.07. The van der Waals surface area contributed by atoms with Crippen molar-refractivity contribution in [2.24, 2.45) is 0 Å². The molecular formula is C9H19NOS. The van der Waals surface area contributed by atoms with Crippen molar-refractivity contribution in [3.05, 3.63) is 0 Å². The van der Waals surface area contributed by atoms with Crippen molar-refractivity contribution in [3.63, 3.8) is 0 Å². The first-order valence-electron chi connectivity index (χ1n) is 4.73. The van der Waals surface area contributed by atoms with Crippen molar-refractivity contribution in [1.29, 1.82) is 0 Å². The van der Waals surface area contributed by atoms with Crippen molar-refractivity contribution in [1.82, 2.24) is 5.32 Å². The van der Waals surface area contributed by atoms with E-state index in [0.717, 1.165) is 25.6 Å². The van der Waals surface area contributed by atoms with Crippen LogP contribution in [0.5, 0.6) is 0 Å². The number of rotatable bonds is 5. The Morgan fingerprint density at radius 3 is 3.17 bits per heavy atom. The van der Waals surface area contributed by atoms with E-state index in [0.29, 0.717) is 0 Å². The van der Waals surface area contributed by atoms with Crippen molar-refractivity contribution in [2.45, 2.75) is 25.3 Å². The van der Waals surface area contributed by atoms with Gasteiger partial charge in [-0.3, -0.25) is 0 Å². The van der Waals surface area contributed by atoms with E-state index in [1.54, 1.807) is 7.11 Å². The molecule has 1 atom stereocenters. The van der Waals surface area contributed by atoms with Gasteiger partial charge in [-0.25, -0.2) is 0 Å². The van der Waals surface area contributed by atoms with E-state index >= 15 is 0 Å². The van der Waals surface area contributed by atoms with Crippen molar-refractivity contribution < 1.29 is 4.74 Å². The zero-order valence-electron chi connectivity index (χ0n) is 7.84. The molecular weight excluding hydrogens is 170 g/mol. The van der Waals surface area contributed by atoms with Crippen LogP contribution in [-0.2, 0) is 4.74 Å². The average molecular weight is 189 g/mol. The van der Waals surface area contributed by atoms with Crippen LogP contribution in [0, 0.1) is 0 Å². The molecule has 0 aliphatic carbocycles. The topological polar surface area (TPSA) is 21.3 Å². The second kappa shape index (κ2) is 6.75. The maximum Gasteiger partial charge on any atom is 0.0474 e. The molecule has 0 radical (unpaired) electrons. The third kappa shape index (κ3) is 4.33. The molecule has 1 saturated heterocycles. The fourth-order valence-corrected chi connectivity index (χ4v) is 2.53. The van der Waals surface area contributed by atoms with Gasteiger partial charge in [0.05, 0.1) is 0 Å². The SMILES string of the molecule is COCCCNC1CCCSC1. The lowest BCUT2D eigenvalue weighted by Crippen LogP contribution is -2.34. The highest BCUT2D eigenvalue weighted by molar-refractivity contribution is 7.99. The Labute approximate surface area is 79.4 Å². The van der Waals surface area contributed by atoms with E-state index in [2.05, 4.69) is 17.1 Å². The number of hydrogen-bond acceptors (Lipinski definition) is 3. The van der Waals surface area contributed by atoms with Crippen molar-refractivity contribution in [3.8, 4) is 0 Å². The molecule has 1 N–H and O–H groups in total. The van der Waals surface area contributed by atoms with Gasteiger partial charge in [-0.1, -0.05) is 0 Å². The zero-order chi connectivity index (χ0) is 8.65. The average Bonchev–Trinajstić information content (AvgIpc) is 2.14. The molecule has 1 fully saturated rings. The van der Waals surface area contributed by atoms with Crippen LogP contribution in [0.1, 0.15) is 19.3 Å². The summed E-state index contributed by atoms with van der Waals surface area (Å²) in [7, 11) is 1.76. The van der Waals surface area contributed by atoms with Gasteiger partial charge in [-0.15, -0.1) is 0 Å². The first-order chi connectivity index (χ1) is 5.93. The van der Waals surface area contributed by atoms with Crippen LogP contribution >= 0.6 is 11.8 Å². The number of methoxy groups -OCH3 is 1. The van der Waals surface area contributed by atoms with E-state index in [-0.39, 0.29) is 0 Å². The Bertz CT molecular complexity index is 105. The largest absolute Gasteiger partial charge is 0.385 e. The van der Waals surface area contributed by atoms with Gasteiger partial charge in [0.25, 0.3) is 0 Å². The van der Waals surface area contributed by atoms with Gasteiger partial charge in [-0.2, -0.15) is 11.8 Å². The molecule has 12 heavy (non-hydrogen) atoms. The standard InChI is InChI=1S/C9H19NOS/c1-11-6-3-5-10-9-4-2-7-12-8-9/h9-10H,2-8H2,1H3. The maximum absolute atomic E-state index is 4.99. The molecule has 3 heteroatoms. The molecule has 1 rings (SSSR count). The van der Waals surface area contributed by atoms with Gasteiger partial charge in [0, 0.05) is 25.5 Å². The van der Waals surface area contributed by atoms with Crippen molar-refractivity contribution in [2.75, 3.05) is 31.8 Å². The molecule has 1 heterocycles. The lowest BCUT2D eigenvalue weighted by atomic mass is 10.2. The number of nitrogens with one attached hydrogen (secondary N) is 1. The lowest BCUT2D eigenvalue weighted by Gasteiger charge is -2.22. The predicted molar refractivity (Wildman–Crippen MR) is 54.8 cm³/mol. The molecule has 0 aromatic carbocycles. The van der Waals surface area contributed by atoms with Crippen LogP contribution in [0.3, 0.4) is 0 Å². The van der Waals surface area contributed by atoms with Crippen LogP contribution in [0.15, 0.2) is 0 Å². The molecule has 1 aliphatic rings. The minimum Gasteiger partial charge on any atom is -0.385 e. The monoisotopic (exact) mass is 189 g/mol. The summed E-state index contributed by atoms with van der Waals surface area (Å²) in [6.07, 6.45) is 3.88. The summed E-state index contributed by atoms with van der Waals surface area (Å²) in [5.74, 6) is 2.66. The second-order valence-electron chi connectivity index (χ2n) is 3.21. The van der Waals surface area contributed by atoms with Gasteiger partial charge in [0.15, 0.2) is 0 Å². The first-order valence-corrected chi connectivity index (χ1v) is 5.89. The molecule has 0 aromatic heterocycles. The molecule has 72 valence electrons. The summed E-state index contributed by atoms with van der Waals surface area (Å²) in [5.41, 5.74) is 0. The Hall–Kier alpha value is 0.270. The normalized spacial score (nSPS) is 24.2. The minimum absolute atomic E-state index is 0.764. The Balaban J connectivity index is 1.91. The molecule has 0 bridgehead atoms. The minimum atomic E-state index is 0.764. The van der Waals surface area contributed by atoms with Crippen LogP contribution in [0.4, 0.5) is 0 Å². The molecule has 1 unspecified atom stereocenters. The maximum atomic E-state index is 4.99. The third-order valence-electron chi connectivity index (χ3n) is 2.12. The van der Waals surface area contributed by atoms with E-state index in [1.807, 2.05) is 0 Å². The van der Waals surface area contributed by atoms with Gasteiger partial charge in [0.2, 0.25) is 0 Å². The van der Waals surface area contributed by atoms with Gasteiger partial charge in [0.1, 0.15) is 0 Å². The Morgan fingerprint density at radius 1 is 1.58 bits per heavy atom. The molecule has 0 saturated carbocycles. The Morgan fingerprint density at radius 2 is 2.50 bits per heavy atom. The number of hydrogen-bond donors (Lipinski definition) is 1. The first kappa shape index (κ1) is 10.4. The van der Waals surface area contributed by atoms with E-state index < -0.39 is 0 Å². The highest BCUT2D eigenvalue weighted by Crippen LogP contribution is 2.16. The fraction of sp³-hybridized carbons (Fsp3) is 1.00. The van der Waals surface area contributed by atoms with Gasteiger partial charge < -0.3 is 10.1 Å². The molecule has 0 aromatic rings. The molecule has 2 nitrogen and oxygen atoms in total. The van der Waals surface area contributed by atoms with Crippen LogP contribution < -0.4 is 5.32 Å². The number of thioether (sulfide) groups is 1. The van der Waals surface area contributed by atoms with Crippen LogP contribution in [0.2, 0.25) is 0 Å². The second-order valence-corrected chi connectivity index (χ2v) is 4.36. The number of ether oxygens (including phenoxy) is 1. The van der Waals surface area contributed by atoms with Crippen molar-refractivity contribution >= 4 is 11.8 Å². The quantitative estimate of drug-likeness (QED) is 0.662. The fourth-order valence-electron chi connectivity index (χ4n) is 1.42. The highest BCUT2D eigenvalue weighted by Gasteiger charge is 2.11. The predicted octanol–water partition coefficient (Wildman–Crippen LogP) is 1.51. The lowest BCUT2D eigenvalue weighted by molar-refractivity contribution is 0.193. The van der Waals surface area contributed by atoms with E-state index in [4.69, 9.17) is 4.74 Å². The molecule has 0 amide bonds. The summed E-state index contributed by atoms with van der Waals surface area (Å²) < 4.78 is 4.99. The van der Waals surface area contributed by atoms with E-state index in [1.165, 1.54) is 24.3 Å². The van der Waals surface area contributed by atoms with Crippen LogP contribution in [-0.4, -0.2) is 37.8 Å². The van der Waals surface area contributed by atoms with E-state index in [9.17, 15) is 0 Å². The van der Waals surface area contributed by atoms with Gasteiger partial charge in [-0.05, 0) is 31.6 Å². The highest BCUT2D eigenvalue weighted by atomic mass is 32.2. The summed E-state index contributed by atoms with van der Waals surface area (Å²) in [6.45, 7) is 1.99. The molecule has 0 spiro atoms. The van der Waals surface area contributed by atoms with Gasteiger partial charge >= 0.3 is 0 Å².